The molecule has 0 bridgehead atoms. The molecule has 2 heteroatoms. The third kappa shape index (κ3) is 7.17. The molecule has 0 fully saturated rings. The van der Waals surface area contributed by atoms with Crippen molar-refractivity contribution in [3.8, 4) is 0 Å². The second-order valence-corrected chi connectivity index (χ2v) is 15.3. The van der Waals surface area contributed by atoms with E-state index in [2.05, 4.69) is 39.6 Å². The van der Waals surface area contributed by atoms with Crippen molar-refractivity contribution in [2.45, 2.75) is 59.1 Å². The van der Waals surface area contributed by atoms with E-state index in [9.17, 15) is 0 Å². The first-order valence-electron chi connectivity index (χ1n) is 6.32. The molecule has 0 spiro atoms. The third-order valence-electron chi connectivity index (χ3n) is 3.28. The van der Waals surface area contributed by atoms with Crippen molar-refractivity contribution >= 4 is 21.4 Å². The Morgan fingerprint density at radius 3 is 2.21 bits per heavy atom. The summed E-state index contributed by atoms with van der Waals surface area (Å²) in [5, 5.41) is 0. The first-order chi connectivity index (χ1) is 6.61. The van der Waals surface area contributed by atoms with Crippen molar-refractivity contribution in [2.24, 2.45) is 0 Å². The van der Waals surface area contributed by atoms with Gasteiger partial charge in [0, 0.05) is 0 Å². The minimum absolute atomic E-state index is 0.719. The molecule has 0 aliphatic rings. The van der Waals surface area contributed by atoms with E-state index in [0.29, 0.717) is 0 Å². The summed E-state index contributed by atoms with van der Waals surface area (Å²) in [6.07, 6.45) is 2.90. The van der Waals surface area contributed by atoms with E-state index < -0.39 is 21.4 Å². The Morgan fingerprint density at radius 2 is 1.79 bits per heavy atom. The van der Waals surface area contributed by atoms with Crippen molar-refractivity contribution in [3.63, 3.8) is 0 Å². The molecule has 0 radical (unpaired) electrons. The molecule has 0 aromatic rings. The minimum atomic E-state index is -0.997. The zero-order chi connectivity index (χ0) is 11.0. The van der Waals surface area contributed by atoms with Gasteiger partial charge < -0.3 is 0 Å². The number of rotatable bonds is 8. The van der Waals surface area contributed by atoms with E-state index in [0.717, 1.165) is 6.04 Å². The summed E-state index contributed by atoms with van der Waals surface area (Å²) in [5.74, 6) is 0. The van der Waals surface area contributed by atoms with E-state index in [-0.39, 0.29) is 0 Å². The van der Waals surface area contributed by atoms with E-state index in [1.807, 2.05) is 0 Å². The molecule has 0 rings (SSSR count). The molecule has 1 nitrogen and oxygen atoms in total. The molecule has 84 valence electrons. The normalized spacial score (nSPS) is 11.4. The maximum atomic E-state index is 2.48. The standard InChI is InChI=1S/C7H16N.C3H7.C2H5.In/c1-5-6-8(4)7(2)3;1-3-2;1-2;/h7H,1,5-6H2,2-4H3;1,3H2,2H3;1H2,2H3;. The molecule has 0 unspecified atom stereocenters. The predicted octanol–water partition coefficient (Wildman–Crippen LogP) is 3.64. The van der Waals surface area contributed by atoms with E-state index >= 15 is 0 Å². The number of hydrogen-bond donors (Lipinski definition) is 0. The Labute approximate surface area is 98.8 Å². The molecule has 14 heavy (non-hydrogen) atoms. The van der Waals surface area contributed by atoms with Gasteiger partial charge in [0.05, 0.1) is 0 Å². The zero-order valence-corrected chi connectivity index (χ0v) is 14.1. The Kier molecular flexibility index (Phi) is 9.62. The summed E-state index contributed by atoms with van der Waals surface area (Å²) in [6.45, 7) is 10.6. The zero-order valence-electron chi connectivity index (χ0n) is 10.8. The van der Waals surface area contributed by atoms with Gasteiger partial charge in [-0.1, -0.05) is 0 Å². The number of hydrogen-bond acceptors (Lipinski definition) is 1. The maximum absolute atomic E-state index is 2.48. The van der Waals surface area contributed by atoms with Gasteiger partial charge in [-0.25, -0.2) is 0 Å². The molecule has 0 aromatic carbocycles. The van der Waals surface area contributed by atoms with Gasteiger partial charge in [-0.15, -0.1) is 0 Å². The van der Waals surface area contributed by atoms with Crippen molar-refractivity contribution in [1.29, 1.82) is 0 Å². The van der Waals surface area contributed by atoms with Gasteiger partial charge in [0.2, 0.25) is 0 Å². The van der Waals surface area contributed by atoms with Crippen LogP contribution in [0.25, 0.3) is 0 Å². The van der Waals surface area contributed by atoms with Crippen LogP contribution in [-0.4, -0.2) is 46.0 Å². The Bertz CT molecular complexity index is 125. The third-order valence-corrected chi connectivity index (χ3v) is 14.0. The summed E-state index contributed by atoms with van der Waals surface area (Å²) in [6, 6.07) is 0.719. The van der Waals surface area contributed by atoms with Gasteiger partial charge in [0.1, 0.15) is 0 Å². The van der Waals surface area contributed by atoms with Crippen LogP contribution in [0, 0.1) is 0 Å². The summed E-state index contributed by atoms with van der Waals surface area (Å²) in [4.78, 5) is 2.48. The van der Waals surface area contributed by atoms with Gasteiger partial charge in [-0.3, -0.25) is 0 Å². The molecule has 0 aromatic heterocycles. The average molecular weight is 301 g/mol. The monoisotopic (exact) mass is 301 g/mol. The van der Waals surface area contributed by atoms with Crippen molar-refractivity contribution in [2.75, 3.05) is 13.6 Å². The second kappa shape index (κ2) is 9.08. The summed E-state index contributed by atoms with van der Waals surface area (Å²) < 4.78 is 4.83. The Hall–Kier alpha value is 0.830. The first-order valence-corrected chi connectivity index (χ1v) is 13.3. The molecule has 0 N–H and O–H groups in total. The topological polar surface area (TPSA) is 3.24 Å². The fourth-order valence-corrected chi connectivity index (χ4v) is 9.50. The van der Waals surface area contributed by atoms with Gasteiger partial charge in [0.25, 0.3) is 0 Å². The quantitative estimate of drug-likeness (QED) is 0.661. The molecule has 0 saturated heterocycles. The van der Waals surface area contributed by atoms with Crippen LogP contribution in [0.1, 0.15) is 40.5 Å². The summed E-state index contributed by atoms with van der Waals surface area (Å²) in [5.41, 5.74) is 0. The summed E-state index contributed by atoms with van der Waals surface area (Å²) in [7, 11) is 2.25. The van der Waals surface area contributed by atoms with E-state index in [4.69, 9.17) is 0 Å². The SMILES string of the molecule is CC[CH2][In]([CH2]C)[CH2]CCN(C)C(C)C. The van der Waals surface area contributed by atoms with Gasteiger partial charge in [-0.2, -0.15) is 0 Å². The molecule has 0 aliphatic heterocycles. The molecule has 0 amide bonds. The van der Waals surface area contributed by atoms with Crippen LogP contribution >= 0.6 is 0 Å². The van der Waals surface area contributed by atoms with Gasteiger partial charge in [-0.05, 0) is 0 Å². The molecule has 0 aliphatic carbocycles. The Balaban J connectivity index is 3.50. The van der Waals surface area contributed by atoms with E-state index in [1.54, 1.807) is 12.5 Å². The molecular formula is C12H28InN. The number of nitrogens with zero attached hydrogens (tertiary/aromatic N) is 1. The van der Waals surface area contributed by atoms with Crippen molar-refractivity contribution in [3.05, 3.63) is 0 Å². The average Bonchev–Trinajstić information content (AvgIpc) is 2.16. The molecule has 0 heterocycles. The van der Waals surface area contributed by atoms with Crippen LogP contribution in [0.15, 0.2) is 0 Å². The molecule has 0 saturated carbocycles. The van der Waals surface area contributed by atoms with Crippen molar-refractivity contribution < 1.29 is 0 Å². The fraction of sp³-hybridized carbons (Fsp3) is 1.00. The molecule has 0 atom stereocenters. The van der Waals surface area contributed by atoms with Crippen LogP contribution in [0.5, 0.6) is 0 Å². The summed E-state index contributed by atoms with van der Waals surface area (Å²) >= 11 is -0.997. The Morgan fingerprint density at radius 1 is 1.14 bits per heavy atom. The molecular weight excluding hydrogens is 273 g/mol. The van der Waals surface area contributed by atoms with Crippen LogP contribution in [-0.2, 0) is 0 Å². The predicted molar refractivity (Wildman–Crippen MR) is 68.5 cm³/mol. The van der Waals surface area contributed by atoms with Gasteiger partial charge in [0.15, 0.2) is 0 Å². The van der Waals surface area contributed by atoms with E-state index in [1.165, 1.54) is 19.4 Å². The van der Waals surface area contributed by atoms with Crippen LogP contribution in [0.4, 0.5) is 0 Å². The van der Waals surface area contributed by atoms with Crippen LogP contribution < -0.4 is 0 Å². The fourth-order valence-electron chi connectivity index (χ4n) is 1.85. The van der Waals surface area contributed by atoms with Crippen LogP contribution in [0.2, 0.25) is 12.5 Å². The second-order valence-electron chi connectivity index (χ2n) is 4.78. The van der Waals surface area contributed by atoms with Crippen LogP contribution in [0.3, 0.4) is 0 Å². The van der Waals surface area contributed by atoms with Crippen molar-refractivity contribution in [1.82, 2.24) is 4.90 Å². The first kappa shape index (κ1) is 14.8. The van der Waals surface area contributed by atoms with Gasteiger partial charge >= 0.3 is 99.0 Å².